The summed E-state index contributed by atoms with van der Waals surface area (Å²) < 4.78 is 0. The maximum Gasteiger partial charge on any atom is 0.132 e. The minimum atomic E-state index is 0.357. The first-order chi connectivity index (χ1) is 7.20. The first-order valence-electron chi connectivity index (χ1n) is 5.87. The van der Waals surface area contributed by atoms with Gasteiger partial charge in [0.15, 0.2) is 0 Å². The van der Waals surface area contributed by atoms with Gasteiger partial charge >= 0.3 is 0 Å². The van der Waals surface area contributed by atoms with Crippen molar-refractivity contribution in [1.29, 1.82) is 0 Å². The molecule has 0 aliphatic heterocycles. The molecule has 0 aliphatic carbocycles. The average Bonchev–Trinajstić information content (AvgIpc) is 2.26. The molecular weight excluding hydrogens is 190 g/mol. The van der Waals surface area contributed by atoms with Gasteiger partial charge in [0.25, 0.3) is 0 Å². The van der Waals surface area contributed by atoms with Gasteiger partial charge < -0.3 is 4.84 Å². The summed E-state index contributed by atoms with van der Waals surface area (Å²) in [7, 11) is 0. The third-order valence-corrected chi connectivity index (χ3v) is 2.32. The lowest BCUT2D eigenvalue weighted by molar-refractivity contribution is -0.118. The minimum absolute atomic E-state index is 0.357. The smallest absolute Gasteiger partial charge is 0.132 e. The highest BCUT2D eigenvalue weighted by atomic mass is 16.6. The Morgan fingerprint density at radius 3 is 2.47 bits per heavy atom. The van der Waals surface area contributed by atoms with Crippen molar-refractivity contribution in [3.63, 3.8) is 0 Å². The van der Waals surface area contributed by atoms with Crippen molar-refractivity contribution in [2.45, 2.75) is 59.3 Å². The van der Waals surface area contributed by atoms with Crippen LogP contribution < -0.4 is 0 Å². The Labute approximate surface area is 92.9 Å². The van der Waals surface area contributed by atoms with Crippen LogP contribution in [0.3, 0.4) is 0 Å². The number of oxime groups is 1. The van der Waals surface area contributed by atoms with Gasteiger partial charge in [0.1, 0.15) is 12.4 Å². The quantitative estimate of drug-likeness (QED) is 0.335. The van der Waals surface area contributed by atoms with Crippen molar-refractivity contribution < 1.29 is 9.63 Å². The van der Waals surface area contributed by atoms with Crippen molar-refractivity contribution in [3.8, 4) is 0 Å². The lowest BCUT2D eigenvalue weighted by Gasteiger charge is -2.01. The van der Waals surface area contributed by atoms with Gasteiger partial charge in [-0.2, -0.15) is 0 Å². The predicted octanol–water partition coefficient (Wildman–Crippen LogP) is 3.33. The van der Waals surface area contributed by atoms with Gasteiger partial charge in [0.2, 0.25) is 0 Å². The molecular formula is C12H23NO2. The number of unbranched alkanes of at least 4 members (excludes halogenated alkanes) is 2. The standard InChI is InChI=1S/C12H23NO2/c1-4-11(3)13-15-10-8-6-7-9-12(14)5-2/h4-10H2,1-3H3/b13-11+. The molecule has 0 radical (unpaired) electrons. The number of Topliss-reactive ketones (excluding diaryl/α,β-unsaturated/α-hetero) is 1. The number of hydrogen-bond acceptors (Lipinski definition) is 3. The largest absolute Gasteiger partial charge is 0.396 e. The number of hydrogen-bond donors (Lipinski definition) is 0. The van der Waals surface area contributed by atoms with Crippen LogP contribution in [0.2, 0.25) is 0 Å². The van der Waals surface area contributed by atoms with Gasteiger partial charge in [-0.05, 0) is 32.6 Å². The van der Waals surface area contributed by atoms with Crippen molar-refractivity contribution in [2.75, 3.05) is 6.61 Å². The molecule has 0 unspecified atom stereocenters. The maximum atomic E-state index is 11.0. The Kier molecular flexibility index (Phi) is 9.13. The fraction of sp³-hybridized carbons (Fsp3) is 0.833. The molecule has 0 heterocycles. The van der Waals surface area contributed by atoms with Crippen LogP contribution in [-0.4, -0.2) is 18.1 Å². The summed E-state index contributed by atoms with van der Waals surface area (Å²) in [6, 6.07) is 0. The monoisotopic (exact) mass is 213 g/mol. The Morgan fingerprint density at radius 1 is 1.13 bits per heavy atom. The van der Waals surface area contributed by atoms with E-state index in [0.29, 0.717) is 25.2 Å². The molecule has 3 heteroatoms. The summed E-state index contributed by atoms with van der Waals surface area (Å²) in [4.78, 5) is 16.1. The summed E-state index contributed by atoms with van der Waals surface area (Å²) in [5, 5.41) is 3.94. The van der Waals surface area contributed by atoms with Crippen LogP contribution in [0, 0.1) is 0 Å². The van der Waals surface area contributed by atoms with E-state index < -0.39 is 0 Å². The molecule has 0 spiro atoms. The lowest BCUT2D eigenvalue weighted by Crippen LogP contribution is -1.96. The molecule has 0 aromatic heterocycles. The van der Waals surface area contributed by atoms with Crippen LogP contribution in [0.15, 0.2) is 5.16 Å². The van der Waals surface area contributed by atoms with E-state index in [1.807, 2.05) is 13.8 Å². The highest BCUT2D eigenvalue weighted by molar-refractivity contribution is 5.80. The van der Waals surface area contributed by atoms with E-state index in [2.05, 4.69) is 12.1 Å². The second-order valence-electron chi connectivity index (χ2n) is 3.72. The van der Waals surface area contributed by atoms with Gasteiger partial charge in [-0.25, -0.2) is 0 Å². The highest BCUT2D eigenvalue weighted by Gasteiger charge is 1.97. The Bertz CT molecular complexity index is 200. The molecule has 0 fully saturated rings. The van der Waals surface area contributed by atoms with Crippen molar-refractivity contribution in [2.24, 2.45) is 5.16 Å². The molecule has 3 nitrogen and oxygen atoms in total. The number of carbonyl (C=O) groups excluding carboxylic acids is 1. The first-order valence-corrected chi connectivity index (χ1v) is 5.87. The van der Waals surface area contributed by atoms with Crippen molar-refractivity contribution >= 4 is 11.5 Å². The number of carbonyl (C=O) groups is 1. The maximum absolute atomic E-state index is 11.0. The third kappa shape index (κ3) is 9.44. The first kappa shape index (κ1) is 14.1. The second kappa shape index (κ2) is 9.69. The zero-order valence-electron chi connectivity index (χ0n) is 10.2. The number of rotatable bonds is 9. The van der Waals surface area contributed by atoms with E-state index in [0.717, 1.165) is 31.4 Å². The van der Waals surface area contributed by atoms with Crippen LogP contribution in [0.5, 0.6) is 0 Å². The summed E-state index contributed by atoms with van der Waals surface area (Å²) in [5.74, 6) is 0.357. The van der Waals surface area contributed by atoms with Crippen LogP contribution in [0.25, 0.3) is 0 Å². The van der Waals surface area contributed by atoms with Crippen molar-refractivity contribution in [3.05, 3.63) is 0 Å². The van der Waals surface area contributed by atoms with E-state index in [4.69, 9.17) is 4.84 Å². The zero-order valence-corrected chi connectivity index (χ0v) is 10.2. The van der Waals surface area contributed by atoms with Crippen LogP contribution in [0.1, 0.15) is 59.3 Å². The van der Waals surface area contributed by atoms with Crippen LogP contribution in [-0.2, 0) is 9.63 Å². The second-order valence-corrected chi connectivity index (χ2v) is 3.72. The molecule has 88 valence electrons. The third-order valence-electron chi connectivity index (χ3n) is 2.32. The molecule has 0 atom stereocenters. The normalized spacial score (nSPS) is 11.5. The Balaban J connectivity index is 3.22. The number of ketones is 1. The Morgan fingerprint density at radius 2 is 1.87 bits per heavy atom. The van der Waals surface area contributed by atoms with Gasteiger partial charge in [-0.1, -0.05) is 19.0 Å². The summed E-state index contributed by atoms with van der Waals surface area (Å²) in [6.07, 6.45) is 5.33. The fourth-order valence-corrected chi connectivity index (χ4v) is 1.06. The lowest BCUT2D eigenvalue weighted by atomic mass is 10.1. The fourth-order valence-electron chi connectivity index (χ4n) is 1.06. The zero-order chi connectivity index (χ0) is 11.5. The number of nitrogens with zero attached hydrogens (tertiary/aromatic N) is 1. The average molecular weight is 213 g/mol. The van der Waals surface area contributed by atoms with Gasteiger partial charge in [0, 0.05) is 12.8 Å². The molecule has 0 aromatic carbocycles. The van der Waals surface area contributed by atoms with Crippen LogP contribution >= 0.6 is 0 Å². The SMILES string of the molecule is CCC(=O)CCCCCO/N=C(\C)CC. The highest BCUT2D eigenvalue weighted by Crippen LogP contribution is 2.02. The summed E-state index contributed by atoms with van der Waals surface area (Å²) in [6.45, 7) is 6.59. The summed E-state index contributed by atoms with van der Waals surface area (Å²) in [5.41, 5.74) is 1.02. The van der Waals surface area contributed by atoms with E-state index >= 15 is 0 Å². The molecule has 15 heavy (non-hydrogen) atoms. The molecule has 0 amide bonds. The Hall–Kier alpha value is -0.860. The van der Waals surface area contributed by atoms with Gasteiger partial charge in [-0.3, -0.25) is 4.79 Å². The molecule has 0 rings (SSSR count). The topological polar surface area (TPSA) is 38.7 Å². The van der Waals surface area contributed by atoms with Gasteiger partial charge in [-0.15, -0.1) is 0 Å². The minimum Gasteiger partial charge on any atom is -0.396 e. The molecule has 0 aromatic rings. The molecule has 0 bridgehead atoms. The predicted molar refractivity (Wildman–Crippen MR) is 63.1 cm³/mol. The van der Waals surface area contributed by atoms with E-state index in [-0.39, 0.29) is 0 Å². The van der Waals surface area contributed by atoms with Crippen LogP contribution in [0.4, 0.5) is 0 Å². The molecule has 0 aliphatic rings. The van der Waals surface area contributed by atoms with E-state index in [9.17, 15) is 4.79 Å². The van der Waals surface area contributed by atoms with Crippen molar-refractivity contribution in [1.82, 2.24) is 0 Å². The molecule has 0 N–H and O–H groups in total. The van der Waals surface area contributed by atoms with Gasteiger partial charge in [0.05, 0.1) is 5.71 Å². The summed E-state index contributed by atoms with van der Waals surface area (Å²) >= 11 is 0. The molecule has 0 saturated carbocycles. The van der Waals surface area contributed by atoms with E-state index in [1.54, 1.807) is 0 Å². The molecule has 0 saturated heterocycles. The van der Waals surface area contributed by atoms with E-state index in [1.165, 1.54) is 0 Å².